The molecule has 0 aliphatic carbocycles. The predicted molar refractivity (Wildman–Crippen MR) is 82.9 cm³/mol. The summed E-state index contributed by atoms with van der Waals surface area (Å²) < 4.78 is 5.11. The zero-order valence-corrected chi connectivity index (χ0v) is 12.0. The first kappa shape index (κ1) is 13.3. The number of hydrogen-bond acceptors (Lipinski definition) is 3. The fourth-order valence-electron chi connectivity index (χ4n) is 2.41. The van der Waals surface area contributed by atoms with Crippen molar-refractivity contribution in [1.29, 1.82) is 0 Å². The van der Waals surface area contributed by atoms with Crippen LogP contribution in [0.25, 0.3) is 10.9 Å². The number of fused-ring (bicyclic) bond motifs is 1. The molecule has 0 atom stereocenters. The van der Waals surface area contributed by atoms with Crippen LogP contribution in [0.2, 0.25) is 0 Å². The van der Waals surface area contributed by atoms with Crippen LogP contribution in [0.3, 0.4) is 0 Å². The van der Waals surface area contributed by atoms with Crippen molar-refractivity contribution in [3.05, 3.63) is 71.4 Å². The number of para-hydroxylation sites is 1. The Kier molecular flexibility index (Phi) is 3.40. The number of pyridine rings is 1. The van der Waals surface area contributed by atoms with Crippen LogP contribution in [0, 0.1) is 6.92 Å². The third-order valence-electron chi connectivity index (χ3n) is 3.64. The van der Waals surface area contributed by atoms with Gasteiger partial charge in [-0.05, 0) is 42.8 Å². The molecule has 0 amide bonds. The first-order valence-electron chi connectivity index (χ1n) is 6.74. The van der Waals surface area contributed by atoms with E-state index in [0.717, 1.165) is 22.2 Å². The van der Waals surface area contributed by atoms with Crippen LogP contribution in [0.15, 0.2) is 54.7 Å². The van der Waals surface area contributed by atoms with Gasteiger partial charge in [0.2, 0.25) is 0 Å². The van der Waals surface area contributed by atoms with Crippen molar-refractivity contribution in [3.63, 3.8) is 0 Å². The van der Waals surface area contributed by atoms with Gasteiger partial charge in [0.25, 0.3) is 0 Å². The molecule has 1 aromatic heterocycles. The summed E-state index contributed by atoms with van der Waals surface area (Å²) in [5.74, 6) is 0.716. The van der Waals surface area contributed by atoms with E-state index < -0.39 is 0 Å². The van der Waals surface area contributed by atoms with Crippen LogP contribution in [0.1, 0.15) is 21.5 Å². The molecule has 21 heavy (non-hydrogen) atoms. The third kappa shape index (κ3) is 2.38. The topological polar surface area (TPSA) is 39.2 Å². The predicted octanol–water partition coefficient (Wildman–Crippen LogP) is 3.78. The van der Waals surface area contributed by atoms with E-state index in [1.54, 1.807) is 37.6 Å². The Hall–Kier alpha value is -2.68. The molecule has 3 aromatic rings. The number of ketones is 1. The maximum Gasteiger partial charge on any atom is 0.194 e. The molecule has 1 heterocycles. The van der Waals surface area contributed by atoms with Crippen molar-refractivity contribution in [3.8, 4) is 5.75 Å². The largest absolute Gasteiger partial charge is 0.497 e. The quantitative estimate of drug-likeness (QED) is 0.684. The Balaban J connectivity index is 2.06. The molecule has 0 unspecified atom stereocenters. The fourth-order valence-corrected chi connectivity index (χ4v) is 2.41. The molecule has 3 heteroatoms. The highest BCUT2D eigenvalue weighted by Gasteiger charge is 2.14. The van der Waals surface area contributed by atoms with Gasteiger partial charge in [0.1, 0.15) is 5.75 Å². The highest BCUT2D eigenvalue weighted by molar-refractivity contribution is 6.11. The van der Waals surface area contributed by atoms with Crippen LogP contribution in [-0.4, -0.2) is 17.9 Å². The summed E-state index contributed by atoms with van der Waals surface area (Å²) in [5, 5.41) is 1.01. The molecule has 0 N–H and O–H groups in total. The van der Waals surface area contributed by atoms with E-state index in [1.807, 2.05) is 31.2 Å². The van der Waals surface area contributed by atoms with E-state index in [-0.39, 0.29) is 5.78 Å². The molecule has 0 spiro atoms. The van der Waals surface area contributed by atoms with Crippen molar-refractivity contribution in [1.82, 2.24) is 4.98 Å². The molecule has 0 aliphatic rings. The highest BCUT2D eigenvalue weighted by atomic mass is 16.5. The van der Waals surface area contributed by atoms with Crippen LogP contribution in [0.4, 0.5) is 0 Å². The number of benzene rings is 2. The van der Waals surface area contributed by atoms with Crippen LogP contribution in [-0.2, 0) is 0 Å². The van der Waals surface area contributed by atoms with Crippen LogP contribution in [0.5, 0.6) is 5.75 Å². The Morgan fingerprint density at radius 3 is 2.48 bits per heavy atom. The Morgan fingerprint density at radius 2 is 1.76 bits per heavy atom. The molecule has 0 saturated carbocycles. The average molecular weight is 277 g/mol. The molecule has 0 saturated heterocycles. The highest BCUT2D eigenvalue weighted by Crippen LogP contribution is 2.22. The van der Waals surface area contributed by atoms with E-state index in [1.165, 1.54) is 0 Å². The number of carbonyl (C=O) groups excluding carboxylic acids is 1. The first-order chi connectivity index (χ1) is 10.2. The molecule has 0 bridgehead atoms. The summed E-state index contributed by atoms with van der Waals surface area (Å²) in [6, 6.07) is 15.0. The van der Waals surface area contributed by atoms with Crippen molar-refractivity contribution in [2.75, 3.05) is 7.11 Å². The lowest BCUT2D eigenvalue weighted by Gasteiger charge is -2.08. The van der Waals surface area contributed by atoms with E-state index in [9.17, 15) is 4.79 Å². The molecule has 3 rings (SSSR count). The smallest absolute Gasteiger partial charge is 0.194 e. The van der Waals surface area contributed by atoms with Crippen LogP contribution >= 0.6 is 0 Å². The van der Waals surface area contributed by atoms with Gasteiger partial charge in [-0.2, -0.15) is 0 Å². The molecule has 0 fully saturated rings. The number of aromatic nitrogens is 1. The van der Waals surface area contributed by atoms with Gasteiger partial charge in [-0.15, -0.1) is 0 Å². The number of aryl methyl sites for hydroxylation is 1. The normalized spacial score (nSPS) is 10.6. The molecule has 104 valence electrons. The first-order valence-corrected chi connectivity index (χ1v) is 6.74. The fraction of sp³-hybridized carbons (Fsp3) is 0.111. The van der Waals surface area contributed by atoms with Crippen molar-refractivity contribution in [2.24, 2.45) is 0 Å². The Morgan fingerprint density at radius 1 is 1.05 bits per heavy atom. The zero-order valence-electron chi connectivity index (χ0n) is 12.0. The number of ether oxygens (including phenoxy) is 1. The lowest BCUT2D eigenvalue weighted by Crippen LogP contribution is -2.05. The summed E-state index contributed by atoms with van der Waals surface area (Å²) in [7, 11) is 1.61. The van der Waals surface area contributed by atoms with Gasteiger partial charge in [-0.1, -0.05) is 18.2 Å². The summed E-state index contributed by atoms with van der Waals surface area (Å²) in [6.07, 6.45) is 1.66. The van der Waals surface area contributed by atoms with Crippen molar-refractivity contribution < 1.29 is 9.53 Å². The summed E-state index contributed by atoms with van der Waals surface area (Å²) in [4.78, 5) is 17.0. The van der Waals surface area contributed by atoms with Crippen LogP contribution < -0.4 is 4.74 Å². The maximum absolute atomic E-state index is 12.6. The number of carbonyl (C=O) groups is 1. The van der Waals surface area contributed by atoms with Gasteiger partial charge in [0.05, 0.1) is 12.6 Å². The molecule has 2 aromatic carbocycles. The summed E-state index contributed by atoms with van der Waals surface area (Å²) >= 11 is 0. The van der Waals surface area contributed by atoms with E-state index in [0.29, 0.717) is 11.1 Å². The van der Waals surface area contributed by atoms with Gasteiger partial charge in [-0.3, -0.25) is 9.78 Å². The monoisotopic (exact) mass is 277 g/mol. The standard InChI is InChI=1S/C18H15NO2/c1-12-15-5-3-4-6-17(15)19-11-16(12)18(20)13-7-9-14(21-2)10-8-13/h3-11H,1-2H3. The SMILES string of the molecule is COc1ccc(C(=O)c2cnc3ccccc3c2C)cc1. The lowest BCUT2D eigenvalue weighted by atomic mass is 9.98. The zero-order chi connectivity index (χ0) is 14.8. The van der Waals surface area contributed by atoms with Gasteiger partial charge in [0, 0.05) is 22.7 Å². The van der Waals surface area contributed by atoms with Gasteiger partial charge < -0.3 is 4.74 Å². The summed E-state index contributed by atoms with van der Waals surface area (Å²) in [5.41, 5.74) is 3.14. The second-order valence-corrected chi connectivity index (χ2v) is 4.87. The third-order valence-corrected chi connectivity index (χ3v) is 3.64. The van der Waals surface area contributed by atoms with Crippen molar-refractivity contribution in [2.45, 2.75) is 6.92 Å². The minimum absolute atomic E-state index is 0.0200. The molecular formula is C18H15NO2. The van der Waals surface area contributed by atoms with Gasteiger partial charge >= 0.3 is 0 Å². The summed E-state index contributed by atoms with van der Waals surface area (Å²) in [6.45, 7) is 1.96. The Bertz CT molecular complexity index is 807. The minimum Gasteiger partial charge on any atom is -0.497 e. The average Bonchev–Trinajstić information content (AvgIpc) is 2.55. The second kappa shape index (κ2) is 5.37. The van der Waals surface area contributed by atoms with E-state index in [4.69, 9.17) is 4.74 Å². The number of hydrogen-bond donors (Lipinski definition) is 0. The van der Waals surface area contributed by atoms with Gasteiger partial charge in [0.15, 0.2) is 5.78 Å². The van der Waals surface area contributed by atoms with Crippen molar-refractivity contribution >= 4 is 16.7 Å². The van der Waals surface area contributed by atoms with Gasteiger partial charge in [-0.25, -0.2) is 0 Å². The lowest BCUT2D eigenvalue weighted by molar-refractivity contribution is 0.103. The number of rotatable bonds is 3. The molecule has 0 radical (unpaired) electrons. The van der Waals surface area contributed by atoms with E-state index in [2.05, 4.69) is 4.98 Å². The second-order valence-electron chi connectivity index (χ2n) is 4.87. The minimum atomic E-state index is -0.0200. The molecular weight excluding hydrogens is 262 g/mol. The Labute approximate surface area is 123 Å². The molecule has 0 aliphatic heterocycles. The number of methoxy groups -OCH3 is 1. The maximum atomic E-state index is 12.6. The van der Waals surface area contributed by atoms with E-state index >= 15 is 0 Å². The number of nitrogens with zero attached hydrogens (tertiary/aromatic N) is 1. The molecule has 3 nitrogen and oxygen atoms in total.